The number of nitrogens with one attached hydrogen (secondary N) is 2. The minimum absolute atomic E-state index is 0.267. The number of fused-ring (bicyclic) bond motifs is 1. The Morgan fingerprint density at radius 1 is 1.43 bits per heavy atom. The quantitative estimate of drug-likeness (QED) is 0.791. The minimum atomic E-state index is -0.923. The number of carboxylic acid groups (broad SMARTS) is 1. The molecule has 0 bridgehead atoms. The van der Waals surface area contributed by atoms with Gasteiger partial charge in [0.2, 0.25) is 0 Å². The highest BCUT2D eigenvalue weighted by Gasteiger charge is 2.20. The first-order chi connectivity index (χ1) is 10.2. The molecule has 0 radical (unpaired) electrons. The SMILES string of the molecule is COc1ccc2c(CNC3CCCC3)c(C(=O)O)[nH]c2c1. The lowest BCUT2D eigenvalue weighted by atomic mass is 10.1. The number of aromatic nitrogens is 1. The Labute approximate surface area is 123 Å². The molecule has 112 valence electrons. The number of rotatable bonds is 5. The van der Waals surface area contributed by atoms with E-state index in [9.17, 15) is 9.90 Å². The van der Waals surface area contributed by atoms with E-state index < -0.39 is 5.97 Å². The van der Waals surface area contributed by atoms with Crippen LogP contribution in [0.1, 0.15) is 41.7 Å². The lowest BCUT2D eigenvalue weighted by Crippen LogP contribution is -2.26. The van der Waals surface area contributed by atoms with Gasteiger partial charge in [0.15, 0.2) is 0 Å². The summed E-state index contributed by atoms with van der Waals surface area (Å²) in [7, 11) is 1.60. The van der Waals surface area contributed by atoms with Crippen molar-refractivity contribution in [1.82, 2.24) is 10.3 Å². The summed E-state index contributed by atoms with van der Waals surface area (Å²) in [5.74, 6) is -0.204. The van der Waals surface area contributed by atoms with Crippen molar-refractivity contribution in [3.8, 4) is 5.75 Å². The summed E-state index contributed by atoms with van der Waals surface area (Å²) in [6, 6.07) is 6.12. The van der Waals surface area contributed by atoms with E-state index >= 15 is 0 Å². The second-order valence-corrected chi connectivity index (χ2v) is 5.56. The van der Waals surface area contributed by atoms with E-state index in [4.69, 9.17) is 4.74 Å². The normalized spacial score (nSPS) is 15.7. The summed E-state index contributed by atoms with van der Waals surface area (Å²) in [4.78, 5) is 14.4. The van der Waals surface area contributed by atoms with E-state index in [1.807, 2.05) is 18.2 Å². The van der Waals surface area contributed by atoms with Crippen LogP contribution in [0.4, 0.5) is 0 Å². The maximum absolute atomic E-state index is 11.5. The van der Waals surface area contributed by atoms with Crippen molar-refractivity contribution in [2.24, 2.45) is 0 Å². The van der Waals surface area contributed by atoms with Gasteiger partial charge in [-0.15, -0.1) is 0 Å². The Morgan fingerprint density at radius 3 is 2.86 bits per heavy atom. The lowest BCUT2D eigenvalue weighted by Gasteiger charge is -2.11. The number of H-pyrrole nitrogens is 1. The van der Waals surface area contributed by atoms with Gasteiger partial charge in [0, 0.05) is 29.6 Å². The van der Waals surface area contributed by atoms with Crippen LogP contribution in [-0.2, 0) is 6.54 Å². The van der Waals surface area contributed by atoms with Crippen LogP contribution in [0.2, 0.25) is 0 Å². The van der Waals surface area contributed by atoms with E-state index in [0.717, 1.165) is 22.2 Å². The van der Waals surface area contributed by atoms with Gasteiger partial charge in [-0.05, 0) is 25.0 Å². The maximum Gasteiger partial charge on any atom is 0.352 e. The summed E-state index contributed by atoms with van der Waals surface area (Å²) in [5.41, 5.74) is 1.89. The number of aromatic amines is 1. The molecule has 1 aromatic carbocycles. The van der Waals surface area contributed by atoms with Crippen molar-refractivity contribution < 1.29 is 14.6 Å². The molecule has 1 aliphatic rings. The highest BCUT2D eigenvalue weighted by molar-refractivity contribution is 5.97. The van der Waals surface area contributed by atoms with Gasteiger partial charge in [0.05, 0.1) is 12.6 Å². The Morgan fingerprint density at radius 2 is 2.19 bits per heavy atom. The Bertz CT molecular complexity index is 657. The van der Waals surface area contributed by atoms with Crippen molar-refractivity contribution in [3.05, 3.63) is 29.5 Å². The van der Waals surface area contributed by atoms with Crippen LogP contribution in [0.25, 0.3) is 10.9 Å². The molecule has 21 heavy (non-hydrogen) atoms. The van der Waals surface area contributed by atoms with E-state index in [-0.39, 0.29) is 5.69 Å². The average Bonchev–Trinajstić information content (AvgIpc) is 3.11. The third-order valence-electron chi connectivity index (χ3n) is 4.25. The summed E-state index contributed by atoms with van der Waals surface area (Å²) < 4.78 is 5.19. The molecular weight excluding hydrogens is 268 g/mol. The molecule has 3 rings (SSSR count). The van der Waals surface area contributed by atoms with E-state index in [2.05, 4.69) is 10.3 Å². The fourth-order valence-electron chi connectivity index (χ4n) is 3.10. The highest BCUT2D eigenvalue weighted by atomic mass is 16.5. The fraction of sp³-hybridized carbons (Fsp3) is 0.438. The van der Waals surface area contributed by atoms with Gasteiger partial charge in [0.1, 0.15) is 11.4 Å². The van der Waals surface area contributed by atoms with Crippen molar-refractivity contribution >= 4 is 16.9 Å². The molecule has 1 saturated carbocycles. The smallest absolute Gasteiger partial charge is 0.352 e. The van der Waals surface area contributed by atoms with Gasteiger partial charge in [-0.1, -0.05) is 12.8 Å². The molecule has 3 N–H and O–H groups in total. The topological polar surface area (TPSA) is 74.3 Å². The number of hydrogen-bond donors (Lipinski definition) is 3. The van der Waals surface area contributed by atoms with Crippen molar-refractivity contribution in [2.45, 2.75) is 38.3 Å². The summed E-state index contributed by atoms with van der Waals surface area (Å²) in [6.45, 7) is 0.582. The molecule has 2 aromatic rings. The molecule has 0 atom stereocenters. The Kier molecular flexibility index (Phi) is 3.84. The van der Waals surface area contributed by atoms with Gasteiger partial charge in [0.25, 0.3) is 0 Å². The fourth-order valence-corrected chi connectivity index (χ4v) is 3.10. The summed E-state index contributed by atoms with van der Waals surface area (Å²) >= 11 is 0. The number of carbonyl (C=O) groups is 1. The van der Waals surface area contributed by atoms with E-state index in [1.54, 1.807) is 7.11 Å². The van der Waals surface area contributed by atoms with Gasteiger partial charge in [-0.25, -0.2) is 4.79 Å². The van der Waals surface area contributed by atoms with Crippen LogP contribution in [-0.4, -0.2) is 29.2 Å². The van der Waals surface area contributed by atoms with Crippen molar-refractivity contribution in [1.29, 1.82) is 0 Å². The molecule has 5 nitrogen and oxygen atoms in total. The van der Waals surface area contributed by atoms with Crippen LogP contribution >= 0.6 is 0 Å². The van der Waals surface area contributed by atoms with Gasteiger partial charge < -0.3 is 20.1 Å². The third-order valence-corrected chi connectivity index (χ3v) is 4.25. The lowest BCUT2D eigenvalue weighted by molar-refractivity contribution is 0.0690. The monoisotopic (exact) mass is 288 g/mol. The minimum Gasteiger partial charge on any atom is -0.497 e. The second kappa shape index (κ2) is 5.77. The molecule has 0 amide bonds. The largest absolute Gasteiger partial charge is 0.497 e. The maximum atomic E-state index is 11.5. The molecule has 1 heterocycles. The van der Waals surface area contributed by atoms with Crippen LogP contribution in [0.3, 0.4) is 0 Å². The zero-order valence-electron chi connectivity index (χ0n) is 12.1. The number of methoxy groups -OCH3 is 1. The number of aromatic carboxylic acids is 1. The zero-order valence-corrected chi connectivity index (χ0v) is 12.1. The predicted octanol–water partition coefficient (Wildman–Crippen LogP) is 2.91. The summed E-state index contributed by atoms with van der Waals surface area (Å²) in [5, 5.41) is 13.8. The molecule has 1 aromatic heterocycles. The Balaban J connectivity index is 1.93. The number of carboxylic acids is 1. The zero-order chi connectivity index (χ0) is 14.8. The second-order valence-electron chi connectivity index (χ2n) is 5.56. The first kappa shape index (κ1) is 13.9. The molecule has 1 aliphatic carbocycles. The van der Waals surface area contributed by atoms with Crippen LogP contribution in [0.15, 0.2) is 18.2 Å². The average molecular weight is 288 g/mol. The first-order valence-electron chi connectivity index (χ1n) is 7.34. The molecule has 5 heteroatoms. The molecule has 0 aliphatic heterocycles. The standard InChI is InChI=1S/C16H20N2O3/c1-21-11-6-7-12-13(9-17-10-4-2-3-5-10)15(16(19)20)18-14(12)8-11/h6-8,10,17-18H,2-5,9H2,1H3,(H,19,20). The predicted molar refractivity (Wildman–Crippen MR) is 80.9 cm³/mol. The van der Waals surface area contributed by atoms with Gasteiger partial charge in [-0.3, -0.25) is 0 Å². The molecule has 0 saturated heterocycles. The van der Waals surface area contributed by atoms with E-state index in [0.29, 0.717) is 12.6 Å². The Hall–Kier alpha value is -2.01. The van der Waals surface area contributed by atoms with Crippen LogP contribution in [0.5, 0.6) is 5.75 Å². The molecule has 0 spiro atoms. The third kappa shape index (κ3) is 2.74. The van der Waals surface area contributed by atoms with E-state index in [1.165, 1.54) is 25.7 Å². The summed E-state index contributed by atoms with van der Waals surface area (Å²) in [6.07, 6.45) is 4.88. The van der Waals surface area contributed by atoms with Gasteiger partial charge >= 0.3 is 5.97 Å². The van der Waals surface area contributed by atoms with Crippen LogP contribution < -0.4 is 10.1 Å². The van der Waals surface area contributed by atoms with Crippen LogP contribution in [0, 0.1) is 0 Å². The molecular formula is C16H20N2O3. The number of hydrogen-bond acceptors (Lipinski definition) is 3. The number of ether oxygens (including phenoxy) is 1. The van der Waals surface area contributed by atoms with Crippen molar-refractivity contribution in [2.75, 3.05) is 7.11 Å². The molecule has 0 unspecified atom stereocenters. The highest BCUT2D eigenvalue weighted by Crippen LogP contribution is 2.27. The first-order valence-corrected chi connectivity index (χ1v) is 7.34. The van der Waals surface area contributed by atoms with Gasteiger partial charge in [-0.2, -0.15) is 0 Å². The number of benzene rings is 1. The van der Waals surface area contributed by atoms with Crippen molar-refractivity contribution in [3.63, 3.8) is 0 Å². The molecule has 1 fully saturated rings.